The molecule has 0 aliphatic rings. The Morgan fingerprint density at radius 1 is 0.500 bits per heavy atom. The van der Waals surface area contributed by atoms with Crippen LogP contribution in [0.25, 0.3) is 0 Å². The van der Waals surface area contributed by atoms with E-state index in [-0.39, 0.29) is 6.31 Å². The molecule has 2 heteroatoms. The van der Waals surface area contributed by atoms with E-state index in [9.17, 15) is 0 Å². The van der Waals surface area contributed by atoms with Gasteiger partial charge in [0.25, 0.3) is 0 Å². The molecule has 0 aliphatic carbocycles. The molecule has 0 N–H and O–H groups in total. The van der Waals surface area contributed by atoms with Crippen LogP contribution in [0.5, 0.6) is 0 Å². The average Bonchev–Trinajstić information content (AvgIpc) is 2.97. The zero-order chi connectivity index (χ0) is 24.6. The van der Waals surface area contributed by atoms with Gasteiger partial charge >= 0.3 is 0 Å². The molecule has 0 saturated heterocycles. The number of unbranched alkanes of at least 4 members (excludes halogenated alkanes) is 1. The van der Waals surface area contributed by atoms with Crippen LogP contribution in [0, 0.1) is 0 Å². The summed E-state index contributed by atoms with van der Waals surface area (Å²) in [6.07, 6.45) is 3.75. The summed E-state index contributed by atoms with van der Waals surface area (Å²) in [7, 11) is -2.61. The Morgan fingerprint density at radius 3 is 1.39 bits per heavy atom. The van der Waals surface area contributed by atoms with Crippen molar-refractivity contribution in [3.05, 3.63) is 151 Å². The molecule has 0 amide bonds. The van der Waals surface area contributed by atoms with E-state index in [2.05, 4.69) is 153 Å². The second kappa shape index (κ2) is 11.4. The number of rotatable bonds is 9. The van der Waals surface area contributed by atoms with Gasteiger partial charge < -0.3 is 0 Å². The zero-order valence-electron chi connectivity index (χ0n) is 21.1. The van der Waals surface area contributed by atoms with E-state index in [0.29, 0.717) is 0 Å². The summed E-state index contributed by atoms with van der Waals surface area (Å²) in [6, 6.07) is 54.4. The van der Waals surface area contributed by atoms with E-state index in [1.165, 1.54) is 44.9 Å². The van der Waals surface area contributed by atoms with Crippen LogP contribution in [0.15, 0.2) is 146 Å². The molecular formula is C34H33BSi. The summed E-state index contributed by atoms with van der Waals surface area (Å²) in [4.78, 5) is 0. The Hall–Kier alpha value is -3.62. The lowest BCUT2D eigenvalue weighted by Gasteiger charge is -2.40. The molecule has 0 atom stereocenters. The molecule has 36 heavy (non-hydrogen) atoms. The Bertz CT molecular complexity index is 1260. The minimum Gasteiger partial charge on any atom is -0.0758 e. The third-order valence-corrected chi connectivity index (χ3v) is 12.7. The molecule has 5 aromatic rings. The minimum atomic E-state index is -2.61. The normalized spacial score (nSPS) is 11.2. The first-order valence-corrected chi connectivity index (χ1v) is 15.2. The maximum Gasteiger partial charge on any atom is 0.218 e. The smallest absolute Gasteiger partial charge is 0.0758 e. The third kappa shape index (κ3) is 4.62. The SMILES string of the molecule is CCCCc1ccccc1B(c1ccccc1)[Si](c1ccccc1)(c1ccccc1)c1ccccc1. The van der Waals surface area contributed by atoms with E-state index < -0.39 is 7.94 Å². The van der Waals surface area contributed by atoms with Crippen LogP contribution in [0.2, 0.25) is 0 Å². The molecule has 0 radical (unpaired) electrons. The molecule has 0 bridgehead atoms. The van der Waals surface area contributed by atoms with E-state index in [4.69, 9.17) is 0 Å². The highest BCUT2D eigenvalue weighted by Crippen LogP contribution is 2.16. The van der Waals surface area contributed by atoms with Gasteiger partial charge in [0.1, 0.15) is 7.94 Å². The van der Waals surface area contributed by atoms with Gasteiger partial charge in [-0.15, -0.1) is 0 Å². The predicted molar refractivity (Wildman–Crippen MR) is 160 cm³/mol. The fourth-order valence-electron chi connectivity index (χ4n) is 5.82. The van der Waals surface area contributed by atoms with Crippen molar-refractivity contribution in [2.45, 2.75) is 26.2 Å². The highest BCUT2D eigenvalue weighted by Gasteiger charge is 2.50. The first kappa shape index (κ1) is 24.1. The Morgan fingerprint density at radius 2 is 0.917 bits per heavy atom. The quantitative estimate of drug-likeness (QED) is 0.208. The third-order valence-electron chi connectivity index (χ3n) is 7.42. The van der Waals surface area contributed by atoms with Crippen LogP contribution >= 0.6 is 0 Å². The molecular weight excluding hydrogens is 447 g/mol. The predicted octanol–water partition coefficient (Wildman–Crippen LogP) is 4.89. The Labute approximate surface area is 217 Å². The monoisotopic (exact) mass is 480 g/mol. The van der Waals surface area contributed by atoms with Gasteiger partial charge in [0, 0.05) is 0 Å². The second-order valence-electron chi connectivity index (χ2n) is 9.55. The van der Waals surface area contributed by atoms with Crippen LogP contribution in [0.1, 0.15) is 25.3 Å². The second-order valence-corrected chi connectivity index (χ2v) is 13.5. The molecule has 0 fully saturated rings. The molecule has 176 valence electrons. The van der Waals surface area contributed by atoms with Crippen molar-refractivity contribution in [1.29, 1.82) is 0 Å². The maximum atomic E-state index is 2.40. The van der Waals surface area contributed by atoms with Crippen LogP contribution < -0.4 is 26.5 Å². The number of benzene rings is 5. The van der Waals surface area contributed by atoms with Crippen LogP contribution in [0.4, 0.5) is 0 Å². The van der Waals surface area contributed by atoms with Crippen molar-refractivity contribution in [2.75, 3.05) is 0 Å². The molecule has 0 spiro atoms. The van der Waals surface area contributed by atoms with Crippen molar-refractivity contribution < 1.29 is 0 Å². The highest BCUT2D eigenvalue weighted by atomic mass is 28.3. The summed E-state index contributed by atoms with van der Waals surface area (Å²) in [5.41, 5.74) is 4.35. The number of hydrogen-bond acceptors (Lipinski definition) is 0. The molecule has 0 aliphatic heterocycles. The lowest BCUT2D eigenvalue weighted by molar-refractivity contribution is 0.798. The largest absolute Gasteiger partial charge is 0.218 e. The van der Waals surface area contributed by atoms with Crippen LogP contribution in [-0.2, 0) is 6.42 Å². The number of aryl methyl sites for hydroxylation is 1. The number of hydrogen-bond donors (Lipinski definition) is 0. The van der Waals surface area contributed by atoms with Crippen molar-refractivity contribution in [1.82, 2.24) is 0 Å². The summed E-state index contributed by atoms with van der Waals surface area (Å²) in [6.45, 7) is 2.29. The summed E-state index contributed by atoms with van der Waals surface area (Å²) in [5.74, 6) is 0. The van der Waals surface area contributed by atoms with Gasteiger partial charge in [-0.25, -0.2) is 0 Å². The Balaban J connectivity index is 1.92. The molecule has 0 saturated carbocycles. The molecule has 0 nitrogen and oxygen atoms in total. The van der Waals surface area contributed by atoms with Gasteiger partial charge in [-0.3, -0.25) is 0 Å². The Kier molecular flexibility index (Phi) is 7.64. The average molecular weight is 481 g/mol. The first-order chi connectivity index (χ1) is 17.9. The zero-order valence-corrected chi connectivity index (χ0v) is 22.1. The summed E-state index contributed by atoms with van der Waals surface area (Å²) < 4.78 is 0. The maximum absolute atomic E-state index is 2.61. The first-order valence-electron chi connectivity index (χ1n) is 13.1. The van der Waals surface area contributed by atoms with Crippen LogP contribution in [0.3, 0.4) is 0 Å². The minimum absolute atomic E-state index is 0.235. The molecule has 5 rings (SSSR count). The van der Waals surface area contributed by atoms with E-state index in [1.807, 2.05) is 0 Å². The van der Waals surface area contributed by atoms with Crippen molar-refractivity contribution in [2.24, 2.45) is 0 Å². The van der Waals surface area contributed by atoms with Gasteiger partial charge in [0.15, 0.2) is 0 Å². The fraction of sp³-hybridized carbons (Fsp3) is 0.118. The van der Waals surface area contributed by atoms with Gasteiger partial charge in [-0.1, -0.05) is 191 Å². The molecule has 0 unspecified atom stereocenters. The molecule has 0 heterocycles. The summed E-state index contributed by atoms with van der Waals surface area (Å²) in [5, 5.41) is 4.34. The van der Waals surface area contributed by atoms with E-state index in [0.717, 1.165) is 6.42 Å². The van der Waals surface area contributed by atoms with Crippen molar-refractivity contribution >= 4 is 40.7 Å². The standard InChI is InChI=1S/C34H33BSi/c1-2-3-18-29-19-16-17-28-34(29)35(30-20-8-4-9-21-30)36(31-22-10-5-11-23-31,32-24-12-6-13-25-32)33-26-14-7-15-27-33/h4-17,19-28H,2-3,18H2,1H3. The van der Waals surface area contributed by atoms with Gasteiger partial charge in [0.05, 0.1) is 0 Å². The summed E-state index contributed by atoms with van der Waals surface area (Å²) >= 11 is 0. The van der Waals surface area contributed by atoms with Crippen molar-refractivity contribution in [3.63, 3.8) is 0 Å². The van der Waals surface area contributed by atoms with E-state index in [1.54, 1.807) is 0 Å². The lowest BCUT2D eigenvalue weighted by atomic mass is 9.59. The van der Waals surface area contributed by atoms with Gasteiger partial charge in [0.2, 0.25) is 6.31 Å². The van der Waals surface area contributed by atoms with Gasteiger partial charge in [-0.2, -0.15) is 0 Å². The van der Waals surface area contributed by atoms with Crippen molar-refractivity contribution in [3.8, 4) is 0 Å². The van der Waals surface area contributed by atoms with Gasteiger partial charge in [-0.05, 0) is 12.8 Å². The van der Waals surface area contributed by atoms with E-state index >= 15 is 0 Å². The fourth-order valence-corrected chi connectivity index (χ4v) is 11.4. The lowest BCUT2D eigenvalue weighted by Crippen LogP contribution is -2.82. The topological polar surface area (TPSA) is 0 Å². The van der Waals surface area contributed by atoms with Crippen LogP contribution in [-0.4, -0.2) is 14.2 Å². The molecule has 0 aromatic heterocycles. The molecule has 5 aromatic carbocycles. The highest BCUT2D eigenvalue weighted by molar-refractivity contribution is 7.56.